The summed E-state index contributed by atoms with van der Waals surface area (Å²) in [5, 5.41) is 17.2. The average molecular weight is 557 g/mol. The van der Waals surface area contributed by atoms with Crippen LogP contribution in [0.3, 0.4) is 0 Å². The Balaban J connectivity index is 1.13. The predicted octanol–water partition coefficient (Wildman–Crippen LogP) is 6.36. The fraction of sp³-hybridized carbons (Fsp3) is 0.407. The summed E-state index contributed by atoms with van der Waals surface area (Å²) in [6.07, 6.45) is 6.60. The Kier molecular flexibility index (Phi) is 6.75. The molecule has 2 aliphatic heterocycles. The number of anilines is 1. The van der Waals surface area contributed by atoms with Crippen LogP contribution in [-0.2, 0) is 11.3 Å². The lowest BCUT2D eigenvalue weighted by Gasteiger charge is -2.38. The van der Waals surface area contributed by atoms with Gasteiger partial charge in [0.05, 0.1) is 28.3 Å². The SMILES string of the molecule is O=C(O)c1ccc(NC(=O)N2C3CCC2CC(OCc2c(-c4c(Cl)cccc4Cl)noc2C2CC2)C3)nc1. The maximum absolute atomic E-state index is 13.1. The number of ether oxygens (including phenoxy) is 1. The lowest BCUT2D eigenvalue weighted by atomic mass is 9.99. The van der Waals surface area contributed by atoms with Gasteiger partial charge < -0.3 is 19.3 Å². The van der Waals surface area contributed by atoms with Crippen LogP contribution < -0.4 is 5.32 Å². The van der Waals surface area contributed by atoms with Crippen molar-refractivity contribution in [1.29, 1.82) is 0 Å². The van der Waals surface area contributed by atoms with Crippen LogP contribution in [0.2, 0.25) is 10.0 Å². The van der Waals surface area contributed by atoms with Gasteiger partial charge in [-0.25, -0.2) is 14.6 Å². The summed E-state index contributed by atoms with van der Waals surface area (Å²) in [4.78, 5) is 30.0. The number of fused-ring (bicyclic) bond motifs is 2. The minimum absolute atomic E-state index is 0.0129. The van der Waals surface area contributed by atoms with Crippen molar-refractivity contribution >= 4 is 41.0 Å². The smallest absolute Gasteiger partial charge is 0.337 e. The minimum Gasteiger partial charge on any atom is -0.478 e. The highest BCUT2D eigenvalue weighted by atomic mass is 35.5. The zero-order valence-corrected chi connectivity index (χ0v) is 21.9. The molecule has 2 unspecified atom stereocenters. The molecule has 1 aliphatic carbocycles. The van der Waals surface area contributed by atoms with Gasteiger partial charge >= 0.3 is 12.0 Å². The maximum Gasteiger partial charge on any atom is 0.337 e. The topological polar surface area (TPSA) is 118 Å². The maximum atomic E-state index is 13.1. The van der Waals surface area contributed by atoms with Crippen LogP contribution >= 0.6 is 23.2 Å². The molecule has 9 nitrogen and oxygen atoms in total. The Labute approximate surface area is 229 Å². The molecule has 4 heterocycles. The number of nitrogens with one attached hydrogen (secondary N) is 1. The molecule has 0 radical (unpaired) electrons. The number of piperidine rings is 1. The Morgan fingerprint density at radius 2 is 1.79 bits per heavy atom. The number of aromatic nitrogens is 2. The van der Waals surface area contributed by atoms with Crippen molar-refractivity contribution in [2.75, 3.05) is 5.32 Å². The van der Waals surface area contributed by atoms with Gasteiger partial charge in [-0.15, -0.1) is 0 Å². The van der Waals surface area contributed by atoms with Crippen molar-refractivity contribution in [3.05, 3.63) is 63.5 Å². The first kappa shape index (κ1) is 25.2. The fourth-order valence-corrected chi connectivity index (χ4v) is 6.19. The number of carboxylic acid groups (broad SMARTS) is 1. The Bertz CT molecular complexity index is 1340. The van der Waals surface area contributed by atoms with E-state index >= 15 is 0 Å². The third-order valence-corrected chi connectivity index (χ3v) is 8.23. The molecule has 1 aromatic carbocycles. The molecule has 1 saturated carbocycles. The quantitative estimate of drug-likeness (QED) is 0.347. The summed E-state index contributed by atoms with van der Waals surface area (Å²) in [6, 6.07) is 8.17. The van der Waals surface area contributed by atoms with Crippen LogP contribution in [0, 0.1) is 0 Å². The lowest BCUT2D eigenvalue weighted by molar-refractivity contribution is -0.0158. The summed E-state index contributed by atoms with van der Waals surface area (Å²) in [6.45, 7) is 0.336. The Morgan fingerprint density at radius 1 is 1.08 bits per heavy atom. The number of carbonyl (C=O) groups is 2. The predicted molar refractivity (Wildman–Crippen MR) is 141 cm³/mol. The Morgan fingerprint density at radius 3 is 2.39 bits per heavy atom. The molecule has 3 fully saturated rings. The van der Waals surface area contributed by atoms with Gasteiger partial charge in [0.2, 0.25) is 0 Å². The van der Waals surface area contributed by atoms with Crippen LogP contribution in [0.4, 0.5) is 10.6 Å². The molecule has 2 atom stereocenters. The summed E-state index contributed by atoms with van der Waals surface area (Å²) in [5.41, 5.74) is 2.25. The first-order valence-electron chi connectivity index (χ1n) is 12.7. The van der Waals surface area contributed by atoms with Crippen LogP contribution in [0.5, 0.6) is 0 Å². The molecular weight excluding hydrogens is 531 g/mol. The van der Waals surface area contributed by atoms with E-state index in [0.29, 0.717) is 39.6 Å². The molecule has 0 spiro atoms. The molecule has 6 rings (SSSR count). The molecule has 38 heavy (non-hydrogen) atoms. The third kappa shape index (κ3) is 4.86. The molecule has 2 N–H and O–H groups in total. The van der Waals surface area contributed by atoms with Crippen LogP contribution in [0.25, 0.3) is 11.3 Å². The number of nitrogens with zero attached hydrogens (tertiary/aromatic N) is 3. The van der Waals surface area contributed by atoms with E-state index in [1.165, 1.54) is 18.3 Å². The number of halogens is 2. The first-order valence-corrected chi connectivity index (χ1v) is 13.5. The summed E-state index contributed by atoms with van der Waals surface area (Å²) >= 11 is 13.0. The number of urea groups is 1. The van der Waals surface area contributed by atoms with Gasteiger partial charge in [0.25, 0.3) is 0 Å². The lowest BCUT2D eigenvalue weighted by Crippen LogP contribution is -2.50. The number of rotatable bonds is 7. The van der Waals surface area contributed by atoms with Crippen molar-refractivity contribution in [1.82, 2.24) is 15.0 Å². The summed E-state index contributed by atoms with van der Waals surface area (Å²) < 4.78 is 12.2. The second-order valence-electron chi connectivity index (χ2n) is 10.1. The van der Waals surface area contributed by atoms with E-state index in [9.17, 15) is 9.59 Å². The summed E-state index contributed by atoms with van der Waals surface area (Å²) in [7, 11) is 0. The summed E-state index contributed by atoms with van der Waals surface area (Å²) in [5.74, 6) is 0.449. The van der Waals surface area contributed by atoms with Gasteiger partial charge in [0.1, 0.15) is 17.3 Å². The number of hydrogen-bond donors (Lipinski definition) is 2. The Hall–Kier alpha value is -3.14. The zero-order chi connectivity index (χ0) is 26.4. The number of benzene rings is 1. The van der Waals surface area contributed by atoms with Crippen LogP contribution in [0.1, 0.15) is 66.1 Å². The molecule has 2 saturated heterocycles. The average Bonchev–Trinajstić information content (AvgIpc) is 3.60. The molecule has 3 aromatic rings. The van der Waals surface area contributed by atoms with Crippen molar-refractivity contribution < 1.29 is 24.0 Å². The van der Waals surface area contributed by atoms with E-state index in [1.807, 2.05) is 4.90 Å². The van der Waals surface area contributed by atoms with Gasteiger partial charge in [0, 0.05) is 35.3 Å². The molecule has 2 aromatic heterocycles. The molecule has 2 amide bonds. The third-order valence-electron chi connectivity index (χ3n) is 7.60. The standard InChI is InChI=1S/C27H26Cl2N4O5/c28-20-2-1-3-21(29)23(20)24-19(25(38-32-24)14-4-5-14)13-37-18-10-16-7-8-17(11-18)33(16)27(36)31-22-9-6-15(12-30-22)26(34)35/h1-3,6,9,12,14,16-18H,4-5,7-8,10-11,13H2,(H,34,35)(H,30,31,36). The second-order valence-corrected chi connectivity index (χ2v) is 10.9. The van der Waals surface area contributed by atoms with E-state index in [0.717, 1.165) is 49.8 Å². The van der Waals surface area contributed by atoms with E-state index in [-0.39, 0.29) is 29.8 Å². The minimum atomic E-state index is -1.06. The van der Waals surface area contributed by atoms with Crippen LogP contribution in [0.15, 0.2) is 41.1 Å². The number of carboxylic acids is 1. The monoisotopic (exact) mass is 556 g/mol. The van der Waals surface area contributed by atoms with Gasteiger partial charge in [-0.2, -0.15) is 0 Å². The fourth-order valence-electron chi connectivity index (χ4n) is 5.61. The molecule has 2 bridgehead atoms. The number of carbonyl (C=O) groups excluding carboxylic acids is 1. The number of aromatic carboxylic acids is 1. The highest BCUT2D eigenvalue weighted by molar-refractivity contribution is 6.39. The van der Waals surface area contributed by atoms with E-state index in [4.69, 9.17) is 37.6 Å². The van der Waals surface area contributed by atoms with Gasteiger partial charge in [0.15, 0.2) is 0 Å². The normalized spacial score (nSPS) is 22.5. The van der Waals surface area contributed by atoms with Gasteiger partial charge in [-0.05, 0) is 62.8 Å². The van der Waals surface area contributed by atoms with E-state index in [2.05, 4.69) is 15.5 Å². The van der Waals surface area contributed by atoms with E-state index < -0.39 is 5.97 Å². The van der Waals surface area contributed by atoms with Crippen molar-refractivity contribution in [2.45, 2.75) is 69.2 Å². The van der Waals surface area contributed by atoms with E-state index in [1.54, 1.807) is 18.2 Å². The zero-order valence-electron chi connectivity index (χ0n) is 20.4. The van der Waals surface area contributed by atoms with Crippen molar-refractivity contribution in [3.8, 4) is 11.3 Å². The number of amides is 2. The molecular formula is C27H26Cl2N4O5. The number of pyridine rings is 1. The first-order chi connectivity index (χ1) is 18.4. The molecule has 11 heteroatoms. The van der Waals surface area contributed by atoms with Gasteiger partial charge in [-0.1, -0.05) is 34.4 Å². The largest absolute Gasteiger partial charge is 0.478 e. The number of hydrogen-bond acceptors (Lipinski definition) is 6. The van der Waals surface area contributed by atoms with Crippen molar-refractivity contribution in [2.24, 2.45) is 0 Å². The molecule has 198 valence electrons. The highest BCUT2D eigenvalue weighted by Gasteiger charge is 2.44. The van der Waals surface area contributed by atoms with Crippen LogP contribution in [-0.4, -0.2) is 50.3 Å². The van der Waals surface area contributed by atoms with Gasteiger partial charge in [-0.3, -0.25) is 5.32 Å². The highest BCUT2D eigenvalue weighted by Crippen LogP contribution is 2.46. The second kappa shape index (κ2) is 10.2. The molecule has 3 aliphatic rings. The van der Waals surface area contributed by atoms with Crippen molar-refractivity contribution in [3.63, 3.8) is 0 Å².